The Morgan fingerprint density at radius 2 is 1.89 bits per heavy atom. The van der Waals surface area contributed by atoms with E-state index in [1.54, 1.807) is 0 Å². The molecule has 0 heterocycles. The van der Waals surface area contributed by atoms with Gasteiger partial charge in [-0.25, -0.2) is 0 Å². The highest BCUT2D eigenvalue weighted by atomic mass is 127. The first kappa shape index (κ1) is 11.9. The highest BCUT2D eigenvalue weighted by Gasteiger charge is 2.01. The summed E-state index contributed by atoms with van der Waals surface area (Å²) in [6.45, 7) is 0.760. The van der Waals surface area contributed by atoms with E-state index in [0.717, 1.165) is 11.0 Å². The highest BCUT2D eigenvalue weighted by Crippen LogP contribution is 1.83. The lowest BCUT2D eigenvalue weighted by atomic mass is 10.5. The number of rotatable bonds is 2. The van der Waals surface area contributed by atoms with Gasteiger partial charge in [0.05, 0.1) is 27.4 Å². The Balaban J connectivity index is 0. The molecule has 3 nitrogen and oxygen atoms in total. The Bertz CT molecular complexity index is 87.4. The van der Waals surface area contributed by atoms with Gasteiger partial charge in [-0.15, -0.1) is 0 Å². The summed E-state index contributed by atoms with van der Waals surface area (Å²) < 4.78 is 0.796. The van der Waals surface area contributed by atoms with Crippen LogP contribution in [0.5, 0.6) is 0 Å². The Morgan fingerprint density at radius 3 is 2.00 bits per heavy atom. The molecule has 0 rings (SSSR count). The van der Waals surface area contributed by atoms with Crippen molar-refractivity contribution in [2.75, 3.05) is 27.7 Å². The predicted octanol–water partition coefficient (Wildman–Crippen LogP) is -2.84. The van der Waals surface area contributed by atoms with Crippen LogP contribution in [0, 0.1) is 0 Å². The van der Waals surface area contributed by atoms with Crippen LogP contribution < -0.4 is 24.0 Å². The molecular formula is C5H13IN2O. The Hall–Kier alpha value is 0.160. The summed E-state index contributed by atoms with van der Waals surface area (Å²) in [7, 11) is 6.09. The molecule has 0 unspecified atom stereocenters. The molecule has 0 aromatic heterocycles. The molecule has 1 N–H and O–H groups in total. The van der Waals surface area contributed by atoms with Gasteiger partial charge >= 0.3 is 0 Å². The summed E-state index contributed by atoms with van der Waals surface area (Å²) in [5, 5.41) is 10.9. The van der Waals surface area contributed by atoms with Crippen LogP contribution in [0.3, 0.4) is 0 Å². The number of quaternary nitrogens is 1. The second-order valence-corrected chi connectivity index (χ2v) is 2.77. The van der Waals surface area contributed by atoms with Crippen molar-refractivity contribution in [2.45, 2.75) is 0 Å². The molecule has 4 heteroatoms. The van der Waals surface area contributed by atoms with Crippen molar-refractivity contribution in [3.05, 3.63) is 0 Å². The lowest BCUT2D eigenvalue weighted by molar-refractivity contribution is -0.860. The molecule has 0 spiro atoms. The zero-order chi connectivity index (χ0) is 6.62. The van der Waals surface area contributed by atoms with E-state index in [9.17, 15) is 0 Å². The number of hydrogen-bond acceptors (Lipinski definition) is 2. The second-order valence-electron chi connectivity index (χ2n) is 2.77. The molecule has 0 radical (unpaired) electrons. The van der Waals surface area contributed by atoms with E-state index < -0.39 is 0 Å². The molecule has 0 aromatic carbocycles. The van der Waals surface area contributed by atoms with Gasteiger partial charge < -0.3 is 33.7 Å². The summed E-state index contributed by atoms with van der Waals surface area (Å²) in [6.07, 6.45) is 1.49. The van der Waals surface area contributed by atoms with E-state index >= 15 is 0 Å². The summed E-state index contributed by atoms with van der Waals surface area (Å²) in [4.78, 5) is 0. The van der Waals surface area contributed by atoms with E-state index in [1.165, 1.54) is 6.21 Å². The fraction of sp³-hybridized carbons (Fsp3) is 0.800. The van der Waals surface area contributed by atoms with E-state index in [2.05, 4.69) is 5.16 Å². The van der Waals surface area contributed by atoms with Crippen LogP contribution >= 0.6 is 0 Å². The number of hydrogen-bond donors (Lipinski definition) is 1. The molecule has 0 fully saturated rings. The van der Waals surface area contributed by atoms with E-state index in [4.69, 9.17) is 5.21 Å². The number of nitrogens with zero attached hydrogens (tertiary/aromatic N) is 2. The summed E-state index contributed by atoms with van der Waals surface area (Å²) >= 11 is 0. The maximum Gasteiger partial charge on any atom is 0.117 e. The standard InChI is InChI=1S/C5H12N2O.HI/c1-7(2,3)5-4-6-8;/h4H,5H2,1-3H3;1H/b6-4-;. The average Bonchev–Trinajstić information content (AvgIpc) is 1.59. The van der Waals surface area contributed by atoms with Gasteiger partial charge in [0.25, 0.3) is 0 Å². The molecule has 0 amide bonds. The normalized spacial score (nSPS) is 11.4. The van der Waals surface area contributed by atoms with Gasteiger partial charge in [0, 0.05) is 0 Å². The second kappa shape index (κ2) is 4.99. The van der Waals surface area contributed by atoms with Crippen molar-refractivity contribution in [3.8, 4) is 0 Å². The highest BCUT2D eigenvalue weighted by molar-refractivity contribution is 5.57. The van der Waals surface area contributed by atoms with E-state index in [1.807, 2.05) is 21.1 Å². The molecule has 56 valence electrons. The third-order valence-electron chi connectivity index (χ3n) is 0.711. The van der Waals surface area contributed by atoms with Crippen LogP contribution in [-0.2, 0) is 0 Å². The van der Waals surface area contributed by atoms with Gasteiger partial charge in [-0.2, -0.15) is 0 Å². The van der Waals surface area contributed by atoms with Crippen LogP contribution in [0.25, 0.3) is 0 Å². The van der Waals surface area contributed by atoms with Gasteiger partial charge in [-0.05, 0) is 0 Å². The Kier molecular flexibility index (Phi) is 6.59. The third kappa shape index (κ3) is 11.6. The van der Waals surface area contributed by atoms with Crippen molar-refractivity contribution >= 4 is 6.21 Å². The van der Waals surface area contributed by atoms with Gasteiger partial charge in [0.15, 0.2) is 0 Å². The fourth-order valence-corrected chi connectivity index (χ4v) is 0.281. The topological polar surface area (TPSA) is 32.6 Å². The fourth-order valence-electron chi connectivity index (χ4n) is 0.281. The number of halogens is 1. The Morgan fingerprint density at radius 1 is 1.44 bits per heavy atom. The first-order valence-corrected chi connectivity index (χ1v) is 2.52. The minimum Gasteiger partial charge on any atom is -1.00 e. The van der Waals surface area contributed by atoms with Crippen molar-refractivity contribution in [1.29, 1.82) is 0 Å². The van der Waals surface area contributed by atoms with Crippen LogP contribution in [0.4, 0.5) is 0 Å². The largest absolute Gasteiger partial charge is 1.00 e. The molecule has 0 bridgehead atoms. The van der Waals surface area contributed by atoms with Crippen LogP contribution in [0.15, 0.2) is 5.16 Å². The molecule has 0 aliphatic carbocycles. The summed E-state index contributed by atoms with van der Waals surface area (Å²) in [6, 6.07) is 0. The molecule has 0 saturated heterocycles. The van der Waals surface area contributed by atoms with E-state index in [-0.39, 0.29) is 24.0 Å². The first-order valence-electron chi connectivity index (χ1n) is 2.52. The van der Waals surface area contributed by atoms with Crippen molar-refractivity contribution in [1.82, 2.24) is 0 Å². The van der Waals surface area contributed by atoms with Gasteiger partial charge in [-0.1, -0.05) is 5.16 Å². The van der Waals surface area contributed by atoms with Gasteiger partial charge in [0.2, 0.25) is 0 Å². The van der Waals surface area contributed by atoms with Crippen molar-refractivity contribution in [2.24, 2.45) is 5.16 Å². The maximum atomic E-state index is 7.99. The molecule has 0 saturated carbocycles. The molecule has 0 atom stereocenters. The first-order chi connectivity index (χ1) is 3.56. The quantitative estimate of drug-likeness (QED) is 0.183. The van der Waals surface area contributed by atoms with Gasteiger partial charge in [0.1, 0.15) is 6.54 Å². The van der Waals surface area contributed by atoms with Crippen molar-refractivity contribution in [3.63, 3.8) is 0 Å². The zero-order valence-electron chi connectivity index (χ0n) is 6.00. The maximum absolute atomic E-state index is 7.99. The average molecular weight is 244 g/mol. The molecule has 0 aliphatic rings. The molecular weight excluding hydrogens is 231 g/mol. The minimum atomic E-state index is 0. The lowest BCUT2D eigenvalue weighted by Gasteiger charge is -2.20. The Labute approximate surface area is 73.0 Å². The van der Waals surface area contributed by atoms with Crippen LogP contribution in [0.1, 0.15) is 0 Å². The smallest absolute Gasteiger partial charge is 0.117 e. The summed E-state index contributed by atoms with van der Waals surface area (Å²) in [5.74, 6) is 0. The zero-order valence-corrected chi connectivity index (χ0v) is 8.16. The van der Waals surface area contributed by atoms with Crippen LogP contribution in [0.2, 0.25) is 0 Å². The SMILES string of the molecule is C[N+](C)(C)C/C=N\O.[I-]. The lowest BCUT2D eigenvalue weighted by Crippen LogP contribution is -3.00. The minimum absolute atomic E-state index is 0. The predicted molar refractivity (Wildman–Crippen MR) is 33.2 cm³/mol. The number of oxime groups is 1. The molecule has 0 aliphatic heterocycles. The van der Waals surface area contributed by atoms with Crippen molar-refractivity contribution < 1.29 is 33.7 Å². The molecule has 0 aromatic rings. The third-order valence-corrected chi connectivity index (χ3v) is 0.711. The monoisotopic (exact) mass is 244 g/mol. The molecule has 9 heavy (non-hydrogen) atoms. The van der Waals surface area contributed by atoms with E-state index in [0.29, 0.717) is 0 Å². The van der Waals surface area contributed by atoms with Gasteiger partial charge in [-0.3, -0.25) is 0 Å². The van der Waals surface area contributed by atoms with Crippen LogP contribution in [-0.4, -0.2) is 43.6 Å². The summed E-state index contributed by atoms with van der Waals surface area (Å²) in [5.41, 5.74) is 0.